The van der Waals surface area contributed by atoms with E-state index < -0.39 is 12.1 Å². The molecule has 0 aromatic heterocycles. The van der Waals surface area contributed by atoms with Crippen molar-refractivity contribution in [2.45, 2.75) is 51.7 Å². The number of carbonyl (C=O) groups excluding carboxylic acids is 4. The maximum atomic E-state index is 12.3. The lowest BCUT2D eigenvalue weighted by atomic mass is 10.1. The van der Waals surface area contributed by atoms with E-state index in [0.717, 1.165) is 0 Å². The van der Waals surface area contributed by atoms with E-state index in [0.29, 0.717) is 38.8 Å². The van der Waals surface area contributed by atoms with Gasteiger partial charge >= 0.3 is 0 Å². The van der Waals surface area contributed by atoms with Crippen molar-refractivity contribution < 1.29 is 19.2 Å². The molecule has 10 heteroatoms. The van der Waals surface area contributed by atoms with Gasteiger partial charge in [-0.15, -0.1) is 0 Å². The van der Waals surface area contributed by atoms with Crippen molar-refractivity contribution in [2.75, 3.05) is 33.2 Å². The van der Waals surface area contributed by atoms with E-state index in [9.17, 15) is 19.2 Å². The first kappa shape index (κ1) is 26.0. The molecule has 0 saturated carbocycles. The predicted octanol–water partition coefficient (Wildman–Crippen LogP) is -2.14. The fraction of sp³-hybridized carbons (Fsp3) is 0.778. The molecule has 0 bridgehead atoms. The molecule has 3 amide bonds. The second-order valence-corrected chi connectivity index (χ2v) is 6.73. The van der Waals surface area contributed by atoms with Crippen LogP contribution in [0.2, 0.25) is 0 Å². The molecule has 162 valence electrons. The zero-order valence-electron chi connectivity index (χ0n) is 17.3. The number of rotatable bonds is 15. The maximum Gasteiger partial charge on any atom is 0.237 e. The lowest BCUT2D eigenvalue weighted by molar-refractivity contribution is -0.126. The summed E-state index contributed by atoms with van der Waals surface area (Å²) < 4.78 is 0. The largest absolute Gasteiger partial charge is 0.355 e. The summed E-state index contributed by atoms with van der Waals surface area (Å²) in [4.78, 5) is 46.5. The Kier molecular flexibility index (Phi) is 13.9. The van der Waals surface area contributed by atoms with Crippen LogP contribution in [0.3, 0.4) is 0 Å². The quantitative estimate of drug-likeness (QED) is 0.171. The van der Waals surface area contributed by atoms with E-state index >= 15 is 0 Å². The predicted molar refractivity (Wildman–Crippen MR) is 107 cm³/mol. The Hall–Kier alpha value is -2.04. The average molecular weight is 401 g/mol. The van der Waals surface area contributed by atoms with Gasteiger partial charge in [-0.2, -0.15) is 0 Å². The van der Waals surface area contributed by atoms with Gasteiger partial charge in [-0.25, -0.2) is 0 Å². The number of aldehydes is 1. The average Bonchev–Trinajstić information content (AvgIpc) is 2.69. The zero-order chi connectivity index (χ0) is 21.5. The molecule has 4 unspecified atom stereocenters. The topological polar surface area (TPSA) is 154 Å². The van der Waals surface area contributed by atoms with E-state index in [-0.39, 0.29) is 36.2 Å². The molecule has 28 heavy (non-hydrogen) atoms. The molecule has 0 heterocycles. The van der Waals surface area contributed by atoms with Crippen molar-refractivity contribution in [2.24, 2.45) is 11.7 Å². The molecule has 0 spiro atoms. The van der Waals surface area contributed by atoms with E-state index in [1.807, 2.05) is 6.92 Å². The van der Waals surface area contributed by atoms with E-state index in [1.54, 1.807) is 20.9 Å². The molecular formula is C18H36N6O4. The molecule has 0 aromatic rings. The van der Waals surface area contributed by atoms with Crippen LogP contribution in [0.25, 0.3) is 0 Å². The Morgan fingerprint density at radius 3 is 2.14 bits per heavy atom. The highest BCUT2D eigenvalue weighted by atomic mass is 16.2. The third-order valence-corrected chi connectivity index (χ3v) is 4.34. The maximum absolute atomic E-state index is 12.3. The number of hydrogen-bond donors (Lipinski definition) is 6. The lowest BCUT2D eigenvalue weighted by Crippen LogP contribution is -2.48. The molecule has 0 rings (SSSR count). The highest BCUT2D eigenvalue weighted by Crippen LogP contribution is 2.01. The summed E-state index contributed by atoms with van der Waals surface area (Å²) in [6.45, 7) is 6.85. The molecule has 10 nitrogen and oxygen atoms in total. The Morgan fingerprint density at radius 1 is 0.964 bits per heavy atom. The molecule has 0 aliphatic carbocycles. The first-order valence-electron chi connectivity index (χ1n) is 9.71. The first-order chi connectivity index (χ1) is 13.3. The second kappa shape index (κ2) is 14.9. The fourth-order valence-electron chi connectivity index (χ4n) is 2.30. The Labute approximate surface area is 167 Å². The van der Waals surface area contributed by atoms with Crippen LogP contribution in [0.1, 0.15) is 33.6 Å². The Morgan fingerprint density at radius 2 is 1.57 bits per heavy atom. The summed E-state index contributed by atoms with van der Waals surface area (Å²) in [5.41, 5.74) is 5.43. The monoisotopic (exact) mass is 400 g/mol. The zero-order valence-corrected chi connectivity index (χ0v) is 17.3. The smallest absolute Gasteiger partial charge is 0.237 e. The van der Waals surface area contributed by atoms with Crippen LogP contribution in [0.5, 0.6) is 0 Å². The fourth-order valence-corrected chi connectivity index (χ4v) is 2.30. The van der Waals surface area contributed by atoms with Crippen molar-refractivity contribution in [3.8, 4) is 0 Å². The molecule has 0 fully saturated rings. The van der Waals surface area contributed by atoms with Gasteiger partial charge in [-0.1, -0.05) is 13.8 Å². The number of nitrogens with one attached hydrogen (secondary N) is 5. The normalized spacial score (nSPS) is 15.0. The molecule has 4 atom stereocenters. The first-order valence-corrected chi connectivity index (χ1v) is 9.71. The van der Waals surface area contributed by atoms with Gasteiger partial charge in [-0.05, 0) is 33.4 Å². The highest BCUT2D eigenvalue weighted by molar-refractivity contribution is 5.83. The summed E-state index contributed by atoms with van der Waals surface area (Å²) in [6.07, 6.45) is 1.50. The molecular weight excluding hydrogens is 364 g/mol. The minimum absolute atomic E-state index is 0.0966. The standard InChI is InChI=1S/C18H36N6O4/c1-5-21-15(7-9-22-17(27)13(3)20-4)18(28)23-8-6-12(2)16(26)24-10-14(19)11-25/h11-15,20-21H,5-10,19H2,1-4H3,(H,22,27)(H,23,28)(H,24,26). The van der Waals surface area contributed by atoms with Gasteiger partial charge in [0, 0.05) is 25.6 Å². The summed E-state index contributed by atoms with van der Waals surface area (Å²) in [6, 6.07) is -1.43. The molecule has 0 radical (unpaired) electrons. The van der Waals surface area contributed by atoms with E-state index in [4.69, 9.17) is 5.73 Å². The minimum Gasteiger partial charge on any atom is -0.355 e. The van der Waals surface area contributed by atoms with Gasteiger partial charge in [-0.3, -0.25) is 14.4 Å². The van der Waals surface area contributed by atoms with Crippen molar-refractivity contribution in [3.63, 3.8) is 0 Å². The van der Waals surface area contributed by atoms with Crippen LogP contribution in [-0.4, -0.2) is 75.4 Å². The van der Waals surface area contributed by atoms with Gasteiger partial charge in [0.15, 0.2) is 0 Å². The summed E-state index contributed by atoms with van der Waals surface area (Å²) in [5.74, 6) is -0.823. The van der Waals surface area contributed by atoms with Crippen LogP contribution < -0.4 is 32.3 Å². The number of nitrogens with two attached hydrogens (primary N) is 1. The summed E-state index contributed by atoms with van der Waals surface area (Å²) in [5, 5.41) is 14.1. The lowest BCUT2D eigenvalue weighted by Gasteiger charge is -2.19. The molecule has 0 saturated heterocycles. The van der Waals surface area contributed by atoms with Crippen LogP contribution in [-0.2, 0) is 19.2 Å². The van der Waals surface area contributed by atoms with Crippen molar-refractivity contribution in [1.82, 2.24) is 26.6 Å². The molecule has 0 aliphatic rings. The molecule has 0 aromatic carbocycles. The summed E-state index contributed by atoms with van der Waals surface area (Å²) in [7, 11) is 1.71. The number of hydrogen-bond acceptors (Lipinski definition) is 7. The van der Waals surface area contributed by atoms with Gasteiger partial charge in [0.1, 0.15) is 6.29 Å². The van der Waals surface area contributed by atoms with Gasteiger partial charge in [0.2, 0.25) is 17.7 Å². The SMILES string of the molecule is CCNC(CCNC(=O)C(C)NC)C(=O)NCCC(C)C(=O)NCC(N)C=O. The molecule has 7 N–H and O–H groups in total. The number of amides is 3. The Balaban J connectivity index is 4.26. The van der Waals surface area contributed by atoms with Gasteiger partial charge < -0.3 is 37.1 Å². The third kappa shape index (κ3) is 11.0. The second-order valence-electron chi connectivity index (χ2n) is 6.73. The van der Waals surface area contributed by atoms with Crippen molar-refractivity contribution >= 4 is 24.0 Å². The number of likely N-dealkylation sites (N-methyl/N-ethyl adjacent to an activating group) is 2. The van der Waals surface area contributed by atoms with E-state index in [1.165, 1.54) is 0 Å². The van der Waals surface area contributed by atoms with Gasteiger partial charge in [0.05, 0.1) is 18.1 Å². The van der Waals surface area contributed by atoms with Crippen LogP contribution in [0.15, 0.2) is 0 Å². The van der Waals surface area contributed by atoms with Crippen LogP contribution >= 0.6 is 0 Å². The van der Waals surface area contributed by atoms with Crippen LogP contribution in [0, 0.1) is 5.92 Å². The van der Waals surface area contributed by atoms with E-state index in [2.05, 4.69) is 26.6 Å². The number of carbonyl (C=O) groups is 4. The molecule has 0 aliphatic heterocycles. The van der Waals surface area contributed by atoms with Gasteiger partial charge in [0.25, 0.3) is 0 Å². The highest BCUT2D eigenvalue weighted by Gasteiger charge is 2.19. The van der Waals surface area contributed by atoms with Crippen molar-refractivity contribution in [3.05, 3.63) is 0 Å². The third-order valence-electron chi connectivity index (χ3n) is 4.34. The Bertz CT molecular complexity index is 502. The minimum atomic E-state index is -0.715. The summed E-state index contributed by atoms with van der Waals surface area (Å²) >= 11 is 0. The van der Waals surface area contributed by atoms with Crippen molar-refractivity contribution in [1.29, 1.82) is 0 Å². The van der Waals surface area contributed by atoms with Crippen LogP contribution in [0.4, 0.5) is 0 Å².